The first-order valence-electron chi connectivity index (χ1n) is 8.08. The van der Waals surface area contributed by atoms with E-state index in [0.29, 0.717) is 19.8 Å². The molecule has 6 nitrogen and oxygen atoms in total. The van der Waals surface area contributed by atoms with Crippen LogP contribution in [0.25, 0.3) is 5.53 Å². The van der Waals surface area contributed by atoms with Crippen LogP contribution in [0.1, 0.15) is 17.4 Å². The van der Waals surface area contributed by atoms with Crippen LogP contribution in [-0.2, 0) is 20.8 Å². The van der Waals surface area contributed by atoms with E-state index in [1.165, 1.54) is 0 Å². The number of ether oxygens (including phenoxy) is 2. The van der Waals surface area contributed by atoms with E-state index < -0.39 is 6.29 Å². The van der Waals surface area contributed by atoms with Crippen LogP contribution in [0.15, 0.2) is 60.7 Å². The first-order valence-corrected chi connectivity index (χ1v) is 8.08. The molecule has 0 spiro atoms. The van der Waals surface area contributed by atoms with Gasteiger partial charge < -0.3 is 19.9 Å². The summed E-state index contributed by atoms with van der Waals surface area (Å²) in [4.78, 5) is 16.8. The van der Waals surface area contributed by atoms with Crippen molar-refractivity contribution in [3.05, 3.63) is 77.3 Å². The molecule has 25 heavy (non-hydrogen) atoms. The quantitative estimate of drug-likeness (QED) is 0.478. The molecule has 3 rings (SSSR count). The molecule has 0 aromatic heterocycles. The molecule has 2 aromatic rings. The van der Waals surface area contributed by atoms with Gasteiger partial charge >= 0.3 is 12.1 Å². The highest BCUT2D eigenvalue weighted by atomic mass is 16.7. The van der Waals surface area contributed by atoms with Gasteiger partial charge in [0.25, 0.3) is 0 Å². The minimum absolute atomic E-state index is 0.259. The Labute approximate surface area is 146 Å². The molecule has 1 saturated heterocycles. The van der Waals surface area contributed by atoms with Crippen molar-refractivity contribution in [1.82, 2.24) is 4.90 Å². The van der Waals surface area contributed by atoms with Crippen molar-refractivity contribution in [2.24, 2.45) is 0 Å². The highest BCUT2D eigenvalue weighted by molar-refractivity contribution is 6.23. The SMILES string of the molecule is [N-]=[N+]=CC(=O)N(Cc1ccccc1)C1COC(c2ccccc2)OC1. The van der Waals surface area contributed by atoms with Crippen molar-refractivity contribution in [1.29, 1.82) is 0 Å². The summed E-state index contributed by atoms with van der Waals surface area (Å²) in [5.74, 6) is -0.387. The van der Waals surface area contributed by atoms with Gasteiger partial charge in [0, 0.05) is 12.1 Å². The molecule has 0 atom stereocenters. The molecule has 1 aliphatic rings. The van der Waals surface area contributed by atoms with E-state index in [-0.39, 0.29) is 11.9 Å². The zero-order chi connectivity index (χ0) is 17.5. The number of rotatable bonds is 5. The van der Waals surface area contributed by atoms with E-state index in [1.807, 2.05) is 60.7 Å². The molecular formula is C19H19N3O3. The third kappa shape index (κ3) is 4.39. The van der Waals surface area contributed by atoms with Gasteiger partial charge in [0.15, 0.2) is 6.29 Å². The maximum absolute atomic E-state index is 12.3. The Morgan fingerprint density at radius 3 is 2.28 bits per heavy atom. The Morgan fingerprint density at radius 2 is 1.68 bits per heavy atom. The van der Waals surface area contributed by atoms with Crippen molar-refractivity contribution < 1.29 is 19.1 Å². The Balaban J connectivity index is 1.69. The minimum atomic E-state index is -0.433. The summed E-state index contributed by atoms with van der Waals surface area (Å²) in [5, 5.41) is 0. The topological polar surface area (TPSA) is 75.2 Å². The summed E-state index contributed by atoms with van der Waals surface area (Å²) in [6.07, 6.45) is 0.462. The van der Waals surface area contributed by atoms with Crippen molar-refractivity contribution in [3.63, 3.8) is 0 Å². The third-order valence-electron chi connectivity index (χ3n) is 4.04. The Hall–Kier alpha value is -2.79. The highest BCUT2D eigenvalue weighted by Crippen LogP contribution is 2.25. The monoisotopic (exact) mass is 337 g/mol. The van der Waals surface area contributed by atoms with E-state index in [4.69, 9.17) is 15.0 Å². The van der Waals surface area contributed by atoms with Crippen LogP contribution in [-0.4, -0.2) is 41.1 Å². The van der Waals surface area contributed by atoms with Gasteiger partial charge in [-0.1, -0.05) is 60.7 Å². The van der Waals surface area contributed by atoms with E-state index in [1.54, 1.807) is 4.90 Å². The lowest BCUT2D eigenvalue weighted by molar-refractivity contribution is -0.210. The van der Waals surface area contributed by atoms with Gasteiger partial charge in [-0.05, 0) is 5.56 Å². The first kappa shape index (κ1) is 17.0. The fraction of sp³-hybridized carbons (Fsp3) is 0.263. The minimum Gasteiger partial charge on any atom is -0.361 e. The maximum Gasteiger partial charge on any atom is 0.344 e. The third-order valence-corrected chi connectivity index (χ3v) is 4.04. The normalized spacial score (nSPS) is 19.7. The lowest BCUT2D eigenvalue weighted by atomic mass is 10.1. The van der Waals surface area contributed by atoms with Crippen molar-refractivity contribution in [2.45, 2.75) is 18.9 Å². The van der Waals surface area contributed by atoms with Gasteiger partial charge in [-0.2, -0.15) is 4.79 Å². The lowest BCUT2D eigenvalue weighted by Gasteiger charge is -2.35. The van der Waals surface area contributed by atoms with Crippen LogP contribution in [0.4, 0.5) is 0 Å². The molecule has 1 fully saturated rings. The van der Waals surface area contributed by atoms with Crippen molar-refractivity contribution >= 4 is 12.1 Å². The number of hydrogen-bond donors (Lipinski definition) is 0. The molecule has 1 amide bonds. The molecule has 1 heterocycles. The molecule has 1 aliphatic heterocycles. The van der Waals surface area contributed by atoms with Crippen LogP contribution in [0.5, 0.6) is 0 Å². The van der Waals surface area contributed by atoms with Crippen LogP contribution >= 0.6 is 0 Å². The predicted molar refractivity (Wildman–Crippen MR) is 91.6 cm³/mol. The Bertz CT molecular complexity index is 737. The number of nitrogens with zero attached hydrogens (tertiary/aromatic N) is 3. The number of carbonyl (C=O) groups is 1. The van der Waals surface area contributed by atoms with Gasteiger partial charge in [0.05, 0.1) is 19.3 Å². The molecular weight excluding hydrogens is 318 g/mol. The fourth-order valence-electron chi connectivity index (χ4n) is 2.77. The molecule has 2 aromatic carbocycles. The van der Waals surface area contributed by atoms with E-state index in [9.17, 15) is 4.79 Å². The summed E-state index contributed by atoms with van der Waals surface area (Å²) in [6.45, 7) is 1.08. The molecule has 0 saturated carbocycles. The zero-order valence-electron chi connectivity index (χ0n) is 13.7. The van der Waals surface area contributed by atoms with Crippen LogP contribution < -0.4 is 0 Å². The molecule has 0 N–H and O–H groups in total. The van der Waals surface area contributed by atoms with E-state index in [0.717, 1.165) is 17.3 Å². The summed E-state index contributed by atoms with van der Waals surface area (Å²) in [5.41, 5.74) is 10.6. The molecule has 0 bridgehead atoms. The fourth-order valence-corrected chi connectivity index (χ4v) is 2.77. The standard InChI is InChI=1S/C19H19N3O3/c20-21-11-18(23)22(12-15-7-3-1-4-8-15)17-13-24-19(25-14-17)16-9-5-2-6-10-16/h1-11,17,19H,12-14H2. The predicted octanol–water partition coefficient (Wildman–Crippen LogP) is 2.43. The van der Waals surface area contributed by atoms with Crippen LogP contribution in [0.3, 0.4) is 0 Å². The number of hydrogen-bond acceptors (Lipinski definition) is 3. The first-order chi connectivity index (χ1) is 12.3. The van der Waals surface area contributed by atoms with Gasteiger partial charge in [0.1, 0.15) is 0 Å². The van der Waals surface area contributed by atoms with Crippen LogP contribution in [0.2, 0.25) is 0 Å². The summed E-state index contributed by atoms with van der Waals surface area (Å²) < 4.78 is 11.6. The lowest BCUT2D eigenvalue weighted by Crippen LogP contribution is -2.48. The second-order valence-electron chi connectivity index (χ2n) is 5.76. The average Bonchev–Trinajstić information content (AvgIpc) is 2.68. The molecule has 0 radical (unpaired) electrons. The van der Waals surface area contributed by atoms with E-state index >= 15 is 0 Å². The summed E-state index contributed by atoms with van der Waals surface area (Å²) in [7, 11) is 0. The van der Waals surface area contributed by atoms with Gasteiger partial charge in [-0.25, -0.2) is 0 Å². The van der Waals surface area contributed by atoms with Crippen LogP contribution in [0, 0.1) is 0 Å². The number of carbonyl (C=O) groups excluding carboxylic acids is 1. The van der Waals surface area contributed by atoms with Gasteiger partial charge in [-0.15, -0.1) is 0 Å². The smallest absolute Gasteiger partial charge is 0.344 e. The Kier molecular flexibility index (Phi) is 5.69. The van der Waals surface area contributed by atoms with Crippen molar-refractivity contribution in [2.75, 3.05) is 13.2 Å². The second-order valence-corrected chi connectivity index (χ2v) is 5.76. The zero-order valence-corrected chi connectivity index (χ0v) is 13.7. The highest BCUT2D eigenvalue weighted by Gasteiger charge is 2.31. The molecule has 0 aliphatic carbocycles. The summed E-state index contributed by atoms with van der Waals surface area (Å²) >= 11 is 0. The summed E-state index contributed by atoms with van der Waals surface area (Å²) in [6, 6.07) is 19.0. The molecule has 0 unspecified atom stereocenters. The Morgan fingerprint density at radius 1 is 1.08 bits per heavy atom. The maximum atomic E-state index is 12.3. The average molecular weight is 337 g/mol. The largest absolute Gasteiger partial charge is 0.361 e. The number of benzene rings is 2. The molecule has 6 heteroatoms. The van der Waals surface area contributed by atoms with Crippen molar-refractivity contribution in [3.8, 4) is 0 Å². The number of amides is 1. The van der Waals surface area contributed by atoms with Gasteiger partial charge in [-0.3, -0.25) is 4.79 Å². The van der Waals surface area contributed by atoms with E-state index in [2.05, 4.69) is 4.79 Å². The second kappa shape index (κ2) is 8.35. The van der Waals surface area contributed by atoms with Gasteiger partial charge in [0.2, 0.25) is 0 Å². The molecule has 128 valence electrons.